The van der Waals surface area contributed by atoms with Gasteiger partial charge < -0.3 is 9.90 Å². The Hall–Kier alpha value is -1.65. The van der Waals surface area contributed by atoms with Gasteiger partial charge in [-0.1, -0.05) is 89.4 Å². The Morgan fingerprint density at radius 1 is 0.654 bits per heavy atom. The summed E-state index contributed by atoms with van der Waals surface area (Å²) in [5, 5.41) is 9.51. The molecule has 3 aromatic rings. The number of aliphatic carboxylic acids is 1. The van der Waals surface area contributed by atoms with Crippen molar-refractivity contribution in [3.63, 3.8) is 0 Å². The molecule has 0 unspecified atom stereocenters. The number of rotatable bonds is 3. The van der Waals surface area contributed by atoms with Gasteiger partial charge in [0.05, 0.1) is 16.9 Å². The van der Waals surface area contributed by atoms with Crippen LogP contribution < -0.4 is 5.11 Å². The van der Waals surface area contributed by atoms with E-state index in [1.165, 1.54) is 14.7 Å². The van der Waals surface area contributed by atoms with Gasteiger partial charge in [0.1, 0.15) is 0 Å². The van der Waals surface area contributed by atoms with Crippen molar-refractivity contribution in [2.24, 2.45) is 0 Å². The van der Waals surface area contributed by atoms with Gasteiger partial charge >= 0.3 is 0 Å². The fourth-order valence-electron chi connectivity index (χ4n) is 2.08. The molecule has 0 radical (unpaired) electrons. The minimum absolute atomic E-state index is 0.0146. The summed E-state index contributed by atoms with van der Waals surface area (Å²) in [6.45, 7) is 0. The van der Waals surface area contributed by atoms with Gasteiger partial charge in [-0.3, -0.25) is 0 Å². The molecule has 3 aromatic carbocycles. The minimum atomic E-state index is -2.28. The first-order valence-corrected chi connectivity index (χ1v) is 9.93. The zero-order valence-corrected chi connectivity index (χ0v) is 16.6. The van der Waals surface area contributed by atoms with Gasteiger partial charge in [0.25, 0.3) is 0 Å². The molecule has 134 valence electrons. The first kappa shape index (κ1) is 20.7. The van der Waals surface area contributed by atoms with Crippen LogP contribution in [0.5, 0.6) is 0 Å². The predicted octanol–water partition coefficient (Wildman–Crippen LogP) is 4.89. The molecule has 0 saturated carbocycles. The van der Waals surface area contributed by atoms with Crippen LogP contribution in [0.2, 0.25) is 0 Å². The first-order valence-electron chi connectivity index (χ1n) is 7.57. The molecule has 0 N–H and O–H groups in total. The highest BCUT2D eigenvalue weighted by Gasteiger charge is 2.27. The second-order valence-corrected chi connectivity index (χ2v) is 9.34. The Bertz CT molecular complexity index is 713. The summed E-state index contributed by atoms with van der Waals surface area (Å²) in [4.78, 5) is 13.6. The van der Waals surface area contributed by atoms with Gasteiger partial charge in [-0.25, -0.2) is 0 Å². The minimum Gasteiger partial charge on any atom is -0.545 e. The third kappa shape index (κ3) is 6.26. The molecule has 0 saturated heterocycles. The van der Waals surface area contributed by atoms with Gasteiger partial charge in [-0.05, 0) is 36.4 Å². The van der Waals surface area contributed by atoms with Crippen molar-refractivity contribution >= 4 is 51.7 Å². The van der Waals surface area contributed by atoms with Crippen molar-refractivity contribution < 1.29 is 9.90 Å². The average Bonchev–Trinajstić information content (AvgIpc) is 2.64. The van der Waals surface area contributed by atoms with E-state index in [0.29, 0.717) is 0 Å². The highest BCUT2D eigenvalue weighted by atomic mass is 35.6. The van der Waals surface area contributed by atoms with Crippen molar-refractivity contribution in [2.45, 2.75) is 18.5 Å². The number of hydrogen-bond donors (Lipinski definition) is 0. The Labute approximate surface area is 170 Å². The maximum absolute atomic E-state index is 9.51. The molecule has 0 atom stereocenters. The van der Waals surface area contributed by atoms with Crippen molar-refractivity contribution in [1.29, 1.82) is 0 Å². The van der Waals surface area contributed by atoms with E-state index >= 15 is 0 Å². The predicted molar refractivity (Wildman–Crippen MR) is 107 cm³/mol. The number of halogens is 3. The van der Waals surface area contributed by atoms with Crippen molar-refractivity contribution in [3.05, 3.63) is 91.0 Å². The third-order valence-corrected chi connectivity index (χ3v) is 5.86. The van der Waals surface area contributed by atoms with Crippen LogP contribution in [0, 0.1) is 0 Å². The number of carboxylic acids is 1. The number of carboxylic acid groups (broad SMARTS) is 1. The highest BCUT2D eigenvalue weighted by molar-refractivity contribution is 7.97. The standard InChI is InChI=1S/C18H15S.C2HCl3O2/c1-4-10-16(11-5-1)19(17-12-6-2-7-13-17)18-14-8-3-9-15-18;3-2(4,5)1(6)7/h1-15H;(H,6,7)/q+1;/p-1. The van der Waals surface area contributed by atoms with E-state index in [1.807, 2.05) is 0 Å². The third-order valence-electron chi connectivity index (χ3n) is 3.17. The fraction of sp³-hybridized carbons (Fsp3) is 0.0500. The lowest BCUT2D eigenvalue weighted by Gasteiger charge is -2.09. The average molecular weight is 426 g/mol. The summed E-state index contributed by atoms with van der Waals surface area (Å²) in [6, 6.07) is 32.2. The molecule has 0 heterocycles. The largest absolute Gasteiger partial charge is 0.545 e. The van der Waals surface area contributed by atoms with E-state index in [2.05, 4.69) is 91.0 Å². The van der Waals surface area contributed by atoms with E-state index in [1.54, 1.807) is 0 Å². The summed E-state index contributed by atoms with van der Waals surface area (Å²) >= 11 is 14.2. The fourth-order valence-corrected chi connectivity index (χ4v) is 4.18. The van der Waals surface area contributed by atoms with Gasteiger partial charge in [-0.15, -0.1) is 0 Å². The topological polar surface area (TPSA) is 40.1 Å². The summed E-state index contributed by atoms with van der Waals surface area (Å²) < 4.78 is -2.28. The molecule has 0 aliphatic rings. The summed E-state index contributed by atoms with van der Waals surface area (Å²) in [5.74, 6) is -1.71. The lowest BCUT2D eigenvalue weighted by molar-refractivity contribution is -0.304. The molecule has 0 aliphatic carbocycles. The van der Waals surface area contributed by atoms with Gasteiger partial charge in [0, 0.05) is 0 Å². The quantitative estimate of drug-likeness (QED) is 0.443. The van der Waals surface area contributed by atoms with Crippen LogP contribution in [0.1, 0.15) is 0 Å². The number of carbonyl (C=O) groups excluding carboxylic acids is 1. The molecule has 0 spiro atoms. The van der Waals surface area contributed by atoms with Gasteiger partial charge in [0.15, 0.2) is 14.7 Å². The zero-order valence-electron chi connectivity index (χ0n) is 13.5. The maximum Gasteiger partial charge on any atom is 0.230 e. The van der Waals surface area contributed by atoms with Crippen LogP contribution in [0.3, 0.4) is 0 Å². The second kappa shape index (κ2) is 9.89. The molecule has 0 bridgehead atoms. The molecular formula is C20H15Cl3O2S. The van der Waals surface area contributed by atoms with Crippen molar-refractivity contribution in [1.82, 2.24) is 0 Å². The number of alkyl halides is 3. The van der Waals surface area contributed by atoms with Crippen molar-refractivity contribution in [3.8, 4) is 0 Å². The molecule has 0 aromatic heterocycles. The molecule has 0 fully saturated rings. The van der Waals surface area contributed by atoms with Crippen LogP contribution in [0.4, 0.5) is 0 Å². The van der Waals surface area contributed by atoms with Gasteiger partial charge in [-0.2, -0.15) is 0 Å². The van der Waals surface area contributed by atoms with Gasteiger partial charge in [0.2, 0.25) is 3.79 Å². The lowest BCUT2D eigenvalue weighted by Crippen LogP contribution is -2.35. The summed E-state index contributed by atoms with van der Waals surface area (Å²) in [5.41, 5.74) is 0. The van der Waals surface area contributed by atoms with E-state index in [9.17, 15) is 9.90 Å². The molecule has 0 aliphatic heterocycles. The van der Waals surface area contributed by atoms with Crippen LogP contribution in [-0.4, -0.2) is 9.76 Å². The molecule has 2 nitrogen and oxygen atoms in total. The number of carbonyl (C=O) groups is 1. The Morgan fingerprint density at radius 3 is 1.08 bits per heavy atom. The van der Waals surface area contributed by atoms with E-state index in [-0.39, 0.29) is 10.9 Å². The molecule has 3 rings (SSSR count). The normalized spacial score (nSPS) is 10.8. The SMILES string of the molecule is O=C([O-])C(Cl)(Cl)Cl.c1ccc([S+](c2ccccc2)c2ccccc2)cc1. The lowest BCUT2D eigenvalue weighted by atomic mass is 10.4. The molecule has 6 heteroatoms. The van der Waals surface area contributed by atoms with Crippen molar-refractivity contribution in [2.75, 3.05) is 0 Å². The van der Waals surface area contributed by atoms with Crippen LogP contribution in [-0.2, 0) is 15.7 Å². The molecular weight excluding hydrogens is 411 g/mol. The zero-order chi connectivity index (χ0) is 19.0. The Kier molecular flexibility index (Phi) is 7.85. The van der Waals surface area contributed by atoms with Crippen LogP contribution >= 0.6 is 34.8 Å². The molecule has 0 amide bonds. The highest BCUT2D eigenvalue weighted by Crippen LogP contribution is 2.30. The number of hydrogen-bond acceptors (Lipinski definition) is 2. The second-order valence-electron chi connectivity index (χ2n) is 5.03. The Balaban J connectivity index is 0.000000298. The molecule has 26 heavy (non-hydrogen) atoms. The summed E-state index contributed by atoms with van der Waals surface area (Å²) in [7, 11) is -0.0146. The first-order chi connectivity index (χ1) is 12.4. The van der Waals surface area contributed by atoms with Crippen LogP contribution in [0.25, 0.3) is 0 Å². The monoisotopic (exact) mass is 424 g/mol. The number of benzene rings is 3. The summed E-state index contributed by atoms with van der Waals surface area (Å²) in [6.07, 6.45) is 0. The Morgan fingerprint density at radius 2 is 0.885 bits per heavy atom. The van der Waals surface area contributed by atoms with E-state index in [0.717, 1.165) is 0 Å². The van der Waals surface area contributed by atoms with E-state index < -0.39 is 9.76 Å². The smallest absolute Gasteiger partial charge is 0.230 e. The maximum atomic E-state index is 9.51. The van der Waals surface area contributed by atoms with E-state index in [4.69, 9.17) is 34.8 Å². The van der Waals surface area contributed by atoms with Crippen LogP contribution in [0.15, 0.2) is 106 Å².